The molecule has 26 heavy (non-hydrogen) atoms. The molecule has 0 aromatic heterocycles. The maximum Gasteiger partial charge on any atom is 0.226 e. The smallest absolute Gasteiger partial charge is 0.226 e. The molecule has 0 radical (unpaired) electrons. The van der Waals surface area contributed by atoms with Crippen molar-refractivity contribution in [2.45, 2.75) is 45.6 Å². The lowest BCUT2D eigenvalue weighted by Crippen LogP contribution is -2.36. The average molecular weight is 358 g/mol. The maximum absolute atomic E-state index is 12.7. The molecule has 0 saturated carbocycles. The second-order valence-electron chi connectivity index (χ2n) is 6.62. The number of ether oxygens (including phenoxy) is 1. The van der Waals surface area contributed by atoms with Crippen molar-refractivity contribution in [1.82, 2.24) is 10.2 Å². The second-order valence-corrected chi connectivity index (χ2v) is 6.62. The Hall–Kier alpha value is -2.30. The Balaban J connectivity index is 2.20. The molecule has 1 aromatic carbocycles. The highest BCUT2D eigenvalue weighted by Crippen LogP contribution is 2.39. The minimum absolute atomic E-state index is 0.0392. The largest absolute Gasteiger partial charge is 0.497 e. The predicted octanol–water partition coefficient (Wildman–Crippen LogP) is 3.47. The first kappa shape index (κ1) is 20.0. The summed E-state index contributed by atoms with van der Waals surface area (Å²) in [5.41, 5.74) is 0.987. The van der Waals surface area contributed by atoms with Crippen LogP contribution in [0.2, 0.25) is 0 Å². The van der Waals surface area contributed by atoms with E-state index < -0.39 is 0 Å². The number of nitrogens with one attached hydrogen (secondary N) is 1. The molecule has 0 spiro atoms. The van der Waals surface area contributed by atoms with Crippen LogP contribution < -0.4 is 10.1 Å². The van der Waals surface area contributed by atoms with Gasteiger partial charge in [-0.25, -0.2) is 0 Å². The summed E-state index contributed by atoms with van der Waals surface area (Å²) in [6, 6.07) is 7.48. The van der Waals surface area contributed by atoms with E-state index in [9.17, 15) is 9.59 Å². The number of hydrogen-bond donors (Lipinski definition) is 1. The van der Waals surface area contributed by atoms with Gasteiger partial charge in [0.2, 0.25) is 11.8 Å². The Kier molecular flexibility index (Phi) is 7.70. The van der Waals surface area contributed by atoms with Crippen LogP contribution in [0.15, 0.2) is 36.4 Å². The first-order valence-electron chi connectivity index (χ1n) is 9.44. The number of carbonyl (C=O) groups excluding carboxylic acids is 2. The van der Waals surface area contributed by atoms with E-state index in [0.29, 0.717) is 13.1 Å². The van der Waals surface area contributed by atoms with Gasteiger partial charge in [0.1, 0.15) is 5.75 Å². The highest BCUT2D eigenvalue weighted by atomic mass is 16.5. The van der Waals surface area contributed by atoms with Crippen molar-refractivity contribution in [3.8, 4) is 5.75 Å². The topological polar surface area (TPSA) is 58.6 Å². The Morgan fingerprint density at radius 2 is 2.08 bits per heavy atom. The van der Waals surface area contributed by atoms with Gasteiger partial charge in [-0.2, -0.15) is 0 Å². The van der Waals surface area contributed by atoms with Gasteiger partial charge in [0.15, 0.2) is 0 Å². The monoisotopic (exact) mass is 358 g/mol. The van der Waals surface area contributed by atoms with Gasteiger partial charge in [-0.05, 0) is 37.5 Å². The number of carbonyl (C=O) groups is 2. The summed E-state index contributed by atoms with van der Waals surface area (Å²) >= 11 is 0. The predicted molar refractivity (Wildman–Crippen MR) is 103 cm³/mol. The summed E-state index contributed by atoms with van der Waals surface area (Å²) in [7, 11) is 1.63. The highest BCUT2D eigenvalue weighted by molar-refractivity contribution is 5.90. The molecular formula is C21H30N2O3. The third kappa shape index (κ3) is 4.87. The van der Waals surface area contributed by atoms with Crippen LogP contribution in [-0.4, -0.2) is 36.9 Å². The Bertz CT molecular complexity index is 625. The van der Waals surface area contributed by atoms with Gasteiger partial charge in [0, 0.05) is 19.5 Å². The quantitative estimate of drug-likeness (QED) is 0.543. The molecule has 2 rings (SSSR count). The molecule has 142 valence electrons. The molecule has 1 saturated heterocycles. The van der Waals surface area contributed by atoms with E-state index >= 15 is 0 Å². The summed E-state index contributed by atoms with van der Waals surface area (Å²) in [6.07, 6.45) is 7.02. The van der Waals surface area contributed by atoms with Crippen LogP contribution in [0.25, 0.3) is 0 Å². The summed E-state index contributed by atoms with van der Waals surface area (Å²) in [5.74, 6) is 0.444. The van der Waals surface area contributed by atoms with Crippen LogP contribution in [0.1, 0.15) is 51.1 Å². The first-order valence-corrected chi connectivity index (χ1v) is 9.44. The van der Waals surface area contributed by atoms with Gasteiger partial charge in [0.05, 0.1) is 19.1 Å². The molecule has 1 fully saturated rings. The van der Waals surface area contributed by atoms with E-state index in [1.165, 1.54) is 0 Å². The normalized spacial score (nSPS) is 20.0. The zero-order valence-electron chi connectivity index (χ0n) is 16.0. The molecule has 5 nitrogen and oxygen atoms in total. The lowest BCUT2D eigenvalue weighted by Gasteiger charge is -2.28. The number of nitrogens with zero attached hydrogens (tertiary/aromatic N) is 1. The number of rotatable bonds is 9. The minimum Gasteiger partial charge on any atom is -0.497 e. The maximum atomic E-state index is 12.7. The number of amides is 2. The van der Waals surface area contributed by atoms with E-state index in [0.717, 1.165) is 30.6 Å². The molecule has 1 heterocycles. The van der Waals surface area contributed by atoms with Gasteiger partial charge < -0.3 is 15.0 Å². The fourth-order valence-corrected chi connectivity index (χ4v) is 3.41. The minimum atomic E-state index is -0.349. The van der Waals surface area contributed by atoms with Crippen molar-refractivity contribution in [1.29, 1.82) is 0 Å². The zero-order chi connectivity index (χ0) is 18.9. The third-order valence-electron chi connectivity index (χ3n) is 4.82. The lowest BCUT2D eigenvalue weighted by atomic mass is 9.92. The molecule has 2 atom stereocenters. The third-order valence-corrected chi connectivity index (χ3v) is 4.82. The van der Waals surface area contributed by atoms with Crippen molar-refractivity contribution < 1.29 is 14.3 Å². The molecule has 1 aliphatic heterocycles. The highest BCUT2D eigenvalue weighted by Gasteiger charge is 2.43. The lowest BCUT2D eigenvalue weighted by molar-refractivity contribution is -0.129. The number of hydrogen-bond acceptors (Lipinski definition) is 3. The number of allylic oxidation sites excluding steroid dienone is 1. The number of methoxy groups -OCH3 is 1. The van der Waals surface area contributed by atoms with Crippen LogP contribution in [0, 0.1) is 5.92 Å². The summed E-state index contributed by atoms with van der Waals surface area (Å²) in [4.78, 5) is 27.2. The van der Waals surface area contributed by atoms with Gasteiger partial charge in [-0.15, -0.1) is 0 Å². The van der Waals surface area contributed by atoms with Gasteiger partial charge in [-0.3, -0.25) is 9.59 Å². The molecule has 1 N–H and O–H groups in total. The fourth-order valence-electron chi connectivity index (χ4n) is 3.41. The van der Waals surface area contributed by atoms with Crippen molar-refractivity contribution >= 4 is 11.8 Å². The summed E-state index contributed by atoms with van der Waals surface area (Å²) in [5, 5.41) is 2.99. The molecule has 1 aliphatic rings. The van der Waals surface area contributed by atoms with Crippen LogP contribution in [0.5, 0.6) is 5.75 Å². The summed E-state index contributed by atoms with van der Waals surface area (Å²) in [6.45, 7) is 5.35. The van der Waals surface area contributed by atoms with E-state index in [-0.39, 0.29) is 30.2 Å². The zero-order valence-corrected chi connectivity index (χ0v) is 16.0. The number of likely N-dealkylation sites (tertiary alicyclic amines) is 1. The van der Waals surface area contributed by atoms with Crippen molar-refractivity contribution in [3.63, 3.8) is 0 Å². The van der Waals surface area contributed by atoms with Gasteiger partial charge in [-0.1, -0.05) is 37.6 Å². The summed E-state index contributed by atoms with van der Waals surface area (Å²) < 4.78 is 5.23. The number of benzene rings is 1. The van der Waals surface area contributed by atoms with Crippen molar-refractivity contribution in [3.05, 3.63) is 42.0 Å². The second kappa shape index (κ2) is 10.00. The Labute approximate surface area is 156 Å². The SMILES string of the molecule is C/C=C/CCNC(=O)C1CC(=O)N(CCCC)C1c1ccc(OC)cc1. The van der Waals surface area contributed by atoms with E-state index in [1.54, 1.807) is 7.11 Å². The van der Waals surface area contributed by atoms with Gasteiger partial charge >= 0.3 is 0 Å². The van der Waals surface area contributed by atoms with Crippen molar-refractivity contribution in [2.24, 2.45) is 5.92 Å². The van der Waals surface area contributed by atoms with E-state index in [1.807, 2.05) is 48.2 Å². The average Bonchev–Trinajstić information content (AvgIpc) is 2.99. The first-order chi connectivity index (χ1) is 12.6. The number of unbranched alkanes of at least 4 members (excludes halogenated alkanes) is 1. The van der Waals surface area contributed by atoms with Crippen LogP contribution in [0.4, 0.5) is 0 Å². The molecule has 5 heteroatoms. The van der Waals surface area contributed by atoms with Crippen molar-refractivity contribution in [2.75, 3.05) is 20.2 Å². The van der Waals surface area contributed by atoms with E-state index in [4.69, 9.17) is 4.74 Å². The Morgan fingerprint density at radius 3 is 2.69 bits per heavy atom. The van der Waals surface area contributed by atoms with Crippen LogP contribution >= 0.6 is 0 Å². The van der Waals surface area contributed by atoms with Crippen LogP contribution in [-0.2, 0) is 9.59 Å². The van der Waals surface area contributed by atoms with Crippen LogP contribution in [0.3, 0.4) is 0 Å². The molecular weight excluding hydrogens is 328 g/mol. The Morgan fingerprint density at radius 1 is 1.35 bits per heavy atom. The molecule has 1 aromatic rings. The molecule has 0 aliphatic carbocycles. The molecule has 0 bridgehead atoms. The van der Waals surface area contributed by atoms with E-state index in [2.05, 4.69) is 12.2 Å². The van der Waals surface area contributed by atoms with Gasteiger partial charge in [0.25, 0.3) is 0 Å². The standard InChI is InChI=1S/C21H30N2O3/c1-4-6-8-13-22-21(25)18-15-19(24)23(14-7-5-2)20(18)16-9-11-17(26-3)12-10-16/h4,6,9-12,18,20H,5,7-8,13-15H2,1-3H3,(H,22,25)/b6-4+. The fraction of sp³-hybridized carbons (Fsp3) is 0.524. The molecule has 2 amide bonds. The molecule has 2 unspecified atom stereocenters.